The van der Waals surface area contributed by atoms with Crippen LogP contribution in [0.2, 0.25) is 0 Å². The second-order valence-electron chi connectivity index (χ2n) is 9.59. The molecule has 1 aliphatic heterocycles. The summed E-state index contributed by atoms with van der Waals surface area (Å²) in [7, 11) is 0. The highest BCUT2D eigenvalue weighted by Crippen LogP contribution is 2.32. The molecule has 6 heteroatoms. The van der Waals surface area contributed by atoms with E-state index in [1.54, 1.807) is 18.5 Å². The van der Waals surface area contributed by atoms with Crippen molar-refractivity contribution in [3.8, 4) is 11.5 Å². The van der Waals surface area contributed by atoms with Gasteiger partial charge in [-0.3, -0.25) is 15.0 Å². The van der Waals surface area contributed by atoms with Crippen molar-refractivity contribution in [2.45, 2.75) is 26.7 Å². The van der Waals surface area contributed by atoms with Crippen molar-refractivity contribution < 1.29 is 0 Å². The minimum absolute atomic E-state index is 0.725. The Hall–Kier alpha value is -4.29. The summed E-state index contributed by atoms with van der Waals surface area (Å²) in [5.74, 6) is 0.725. The van der Waals surface area contributed by atoms with Crippen LogP contribution in [0.4, 0.5) is 0 Å². The van der Waals surface area contributed by atoms with Gasteiger partial charge in [-0.2, -0.15) is 5.10 Å². The van der Waals surface area contributed by atoms with Gasteiger partial charge >= 0.3 is 0 Å². The molecule has 192 valence electrons. The summed E-state index contributed by atoms with van der Waals surface area (Å²) in [6, 6.07) is 10.4. The van der Waals surface area contributed by atoms with Gasteiger partial charge in [0.05, 0.1) is 11.2 Å². The fourth-order valence-corrected chi connectivity index (χ4v) is 5.07. The SMILES string of the molecule is C=C/C=C(/c1ccncc1)c1nc(-c2n[nH]c3ccc(C(/C=C(\C=C)CN4CCCC4)=C/C)cc23)[nH]c1C. The fraction of sp³-hybridized carbons (Fsp3) is 0.219. The summed E-state index contributed by atoms with van der Waals surface area (Å²) in [6.45, 7) is 15.4. The number of rotatable bonds is 9. The minimum atomic E-state index is 0.725. The maximum Gasteiger partial charge on any atom is 0.159 e. The van der Waals surface area contributed by atoms with Crippen LogP contribution >= 0.6 is 0 Å². The Morgan fingerprint density at radius 3 is 2.58 bits per heavy atom. The molecule has 4 heterocycles. The highest BCUT2D eigenvalue weighted by atomic mass is 15.1. The molecule has 0 radical (unpaired) electrons. The van der Waals surface area contributed by atoms with Crippen LogP contribution in [0, 0.1) is 6.92 Å². The first-order valence-corrected chi connectivity index (χ1v) is 13.1. The lowest BCUT2D eigenvalue weighted by atomic mass is 10.00. The molecule has 0 aliphatic carbocycles. The number of nitrogens with zero attached hydrogens (tertiary/aromatic N) is 4. The van der Waals surface area contributed by atoms with E-state index < -0.39 is 0 Å². The number of pyridine rings is 1. The summed E-state index contributed by atoms with van der Waals surface area (Å²) in [4.78, 5) is 15.1. The molecule has 0 unspecified atom stereocenters. The van der Waals surface area contributed by atoms with Gasteiger partial charge in [0.15, 0.2) is 5.82 Å². The highest BCUT2D eigenvalue weighted by molar-refractivity contribution is 5.95. The number of likely N-dealkylation sites (tertiary alicyclic amines) is 1. The molecule has 1 aliphatic rings. The van der Waals surface area contributed by atoms with Crippen LogP contribution < -0.4 is 0 Å². The Bertz CT molecular complexity index is 1540. The third kappa shape index (κ3) is 5.22. The third-order valence-corrected chi connectivity index (χ3v) is 7.06. The summed E-state index contributed by atoms with van der Waals surface area (Å²) in [5.41, 5.74) is 9.15. The van der Waals surface area contributed by atoms with Crippen LogP contribution in [0.15, 0.2) is 91.8 Å². The predicted molar refractivity (Wildman–Crippen MR) is 158 cm³/mol. The average molecular weight is 503 g/mol. The predicted octanol–water partition coefficient (Wildman–Crippen LogP) is 6.89. The lowest BCUT2D eigenvalue weighted by Crippen LogP contribution is -2.21. The van der Waals surface area contributed by atoms with E-state index in [-0.39, 0.29) is 0 Å². The molecule has 6 nitrogen and oxygen atoms in total. The molecule has 0 saturated carbocycles. The Labute approximate surface area is 224 Å². The van der Waals surface area contributed by atoms with Crippen molar-refractivity contribution in [1.82, 2.24) is 30.0 Å². The number of aromatic nitrogens is 5. The first-order chi connectivity index (χ1) is 18.6. The second-order valence-corrected chi connectivity index (χ2v) is 9.59. The van der Waals surface area contributed by atoms with Gasteiger partial charge in [-0.25, -0.2) is 4.98 Å². The molecule has 2 N–H and O–H groups in total. The standard InChI is InChI=1S/C32H34N6/c1-5-10-27(25-13-15-33-16-14-25)30-22(4)34-32(35-30)31-28-20-26(11-12-29(28)36-37-31)24(7-3)19-23(6-2)21-38-17-8-9-18-38/h5-7,10-16,19-20H,1-2,8-9,17-18,21H2,3-4H3,(H,34,35)(H,36,37)/b23-19+,24-7+,27-10-. The van der Waals surface area contributed by atoms with Gasteiger partial charge in [-0.05, 0) is 86.3 Å². The molecule has 4 aromatic rings. The van der Waals surface area contributed by atoms with Crippen LogP contribution in [0.25, 0.3) is 33.6 Å². The van der Waals surface area contributed by atoms with Gasteiger partial charge in [-0.15, -0.1) is 0 Å². The number of imidazole rings is 1. The van der Waals surface area contributed by atoms with Gasteiger partial charge < -0.3 is 4.98 Å². The summed E-state index contributed by atoms with van der Waals surface area (Å²) in [5, 5.41) is 8.84. The van der Waals surface area contributed by atoms with Crippen molar-refractivity contribution in [2.24, 2.45) is 0 Å². The van der Waals surface area contributed by atoms with Crippen LogP contribution in [0.1, 0.15) is 42.3 Å². The van der Waals surface area contributed by atoms with Crippen LogP contribution in [0.3, 0.4) is 0 Å². The number of nitrogens with one attached hydrogen (secondary N) is 2. The Kier molecular flexibility index (Phi) is 7.61. The van der Waals surface area contributed by atoms with E-state index in [1.807, 2.05) is 31.2 Å². The molecule has 3 aromatic heterocycles. The Morgan fingerprint density at radius 2 is 1.87 bits per heavy atom. The smallest absolute Gasteiger partial charge is 0.159 e. The number of allylic oxidation sites excluding steroid dienone is 5. The largest absolute Gasteiger partial charge is 0.340 e. The number of hydrogen-bond donors (Lipinski definition) is 2. The van der Waals surface area contributed by atoms with Crippen molar-refractivity contribution in [3.63, 3.8) is 0 Å². The molecular formula is C32H34N6. The van der Waals surface area contributed by atoms with E-state index in [2.05, 4.69) is 75.5 Å². The first-order valence-electron chi connectivity index (χ1n) is 13.1. The molecule has 0 amide bonds. The monoisotopic (exact) mass is 502 g/mol. The lowest BCUT2D eigenvalue weighted by Gasteiger charge is -2.15. The summed E-state index contributed by atoms with van der Waals surface area (Å²) in [6.07, 6.45) is 16.3. The van der Waals surface area contributed by atoms with E-state index in [9.17, 15) is 0 Å². The average Bonchev–Trinajstić information content (AvgIpc) is 3.70. The van der Waals surface area contributed by atoms with E-state index in [0.29, 0.717) is 0 Å². The molecule has 0 atom stereocenters. The Balaban J connectivity index is 1.51. The van der Waals surface area contributed by atoms with Gasteiger partial charge in [-0.1, -0.05) is 49.6 Å². The second kappa shape index (κ2) is 11.4. The molecule has 1 saturated heterocycles. The molecule has 5 rings (SSSR count). The topological polar surface area (TPSA) is 73.5 Å². The maximum absolute atomic E-state index is 4.99. The van der Waals surface area contributed by atoms with Crippen molar-refractivity contribution in [3.05, 3.63) is 114 Å². The number of benzene rings is 1. The Morgan fingerprint density at radius 1 is 1.08 bits per heavy atom. The quantitative estimate of drug-likeness (QED) is 0.245. The molecular weight excluding hydrogens is 468 g/mol. The molecule has 0 spiro atoms. The van der Waals surface area contributed by atoms with Gasteiger partial charge in [0, 0.05) is 35.6 Å². The zero-order chi connectivity index (χ0) is 26.5. The fourth-order valence-electron chi connectivity index (χ4n) is 5.07. The van der Waals surface area contributed by atoms with E-state index in [4.69, 9.17) is 4.98 Å². The van der Waals surface area contributed by atoms with E-state index >= 15 is 0 Å². The number of fused-ring (bicyclic) bond motifs is 1. The first kappa shape index (κ1) is 25.4. The summed E-state index contributed by atoms with van der Waals surface area (Å²) >= 11 is 0. The van der Waals surface area contributed by atoms with E-state index in [1.165, 1.54) is 24.0 Å². The number of aryl methyl sites for hydroxylation is 1. The number of aromatic amines is 2. The van der Waals surface area contributed by atoms with Crippen LogP contribution in [0.5, 0.6) is 0 Å². The zero-order valence-corrected chi connectivity index (χ0v) is 22.2. The van der Waals surface area contributed by atoms with Crippen molar-refractivity contribution in [1.29, 1.82) is 0 Å². The molecule has 1 fully saturated rings. The highest BCUT2D eigenvalue weighted by Gasteiger charge is 2.18. The summed E-state index contributed by atoms with van der Waals surface area (Å²) < 4.78 is 0. The van der Waals surface area contributed by atoms with E-state index in [0.717, 1.165) is 70.1 Å². The zero-order valence-electron chi connectivity index (χ0n) is 22.2. The van der Waals surface area contributed by atoms with Crippen LogP contribution in [-0.4, -0.2) is 49.7 Å². The normalized spacial score (nSPS) is 15.4. The number of H-pyrrole nitrogens is 2. The van der Waals surface area contributed by atoms with Crippen molar-refractivity contribution >= 4 is 22.0 Å². The van der Waals surface area contributed by atoms with Gasteiger partial charge in [0.2, 0.25) is 0 Å². The third-order valence-electron chi connectivity index (χ3n) is 7.06. The molecule has 1 aromatic carbocycles. The van der Waals surface area contributed by atoms with Crippen molar-refractivity contribution in [2.75, 3.05) is 19.6 Å². The van der Waals surface area contributed by atoms with Gasteiger partial charge in [0.1, 0.15) is 5.69 Å². The molecule has 0 bridgehead atoms. The maximum atomic E-state index is 4.99. The number of hydrogen-bond acceptors (Lipinski definition) is 4. The van der Waals surface area contributed by atoms with Gasteiger partial charge in [0.25, 0.3) is 0 Å². The molecule has 38 heavy (non-hydrogen) atoms. The van der Waals surface area contributed by atoms with Crippen LogP contribution in [-0.2, 0) is 0 Å². The minimum Gasteiger partial charge on any atom is -0.340 e. The lowest BCUT2D eigenvalue weighted by molar-refractivity contribution is 0.371.